The molecule has 2 aliphatic heterocycles. The number of pyridine rings is 1. The number of hydrogen-bond donors (Lipinski definition) is 0. The van der Waals surface area contributed by atoms with E-state index >= 15 is 0 Å². The van der Waals surface area contributed by atoms with Crippen molar-refractivity contribution in [2.24, 2.45) is 0 Å². The first-order valence-corrected chi connectivity index (χ1v) is 10.6. The molecule has 2 aliphatic rings. The number of carbonyl (C=O) groups is 2. The van der Waals surface area contributed by atoms with Gasteiger partial charge in [-0.2, -0.15) is 0 Å². The van der Waals surface area contributed by atoms with Gasteiger partial charge in [0.25, 0.3) is 5.91 Å². The van der Waals surface area contributed by atoms with Crippen LogP contribution in [-0.4, -0.2) is 57.7 Å². The zero-order valence-electron chi connectivity index (χ0n) is 17.5. The van der Waals surface area contributed by atoms with Gasteiger partial charge in [-0.25, -0.2) is 0 Å². The molecule has 4 heterocycles. The molecule has 0 atom stereocenters. The lowest BCUT2D eigenvalue weighted by Crippen LogP contribution is -2.56. The zero-order valence-corrected chi connectivity index (χ0v) is 17.5. The van der Waals surface area contributed by atoms with Gasteiger partial charge in [-0.05, 0) is 44.2 Å². The first kappa shape index (κ1) is 19.0. The number of amides is 1. The van der Waals surface area contributed by atoms with Crippen LogP contribution in [0.4, 0.5) is 0 Å². The van der Waals surface area contributed by atoms with Crippen LogP contribution in [-0.2, 0) is 12.1 Å². The van der Waals surface area contributed by atoms with Crippen molar-refractivity contribution < 1.29 is 9.59 Å². The van der Waals surface area contributed by atoms with Crippen LogP contribution in [0.3, 0.4) is 0 Å². The predicted octanol–water partition coefficient (Wildman–Crippen LogP) is 3.32. The molecule has 30 heavy (non-hydrogen) atoms. The van der Waals surface area contributed by atoms with Gasteiger partial charge in [0.1, 0.15) is 0 Å². The Morgan fingerprint density at radius 1 is 0.967 bits per heavy atom. The van der Waals surface area contributed by atoms with E-state index in [1.807, 2.05) is 41.3 Å². The second-order valence-electron chi connectivity index (χ2n) is 8.44. The molecular formula is C24H26N4O2. The summed E-state index contributed by atoms with van der Waals surface area (Å²) >= 11 is 0. The van der Waals surface area contributed by atoms with Gasteiger partial charge in [-0.15, -0.1) is 0 Å². The maximum absolute atomic E-state index is 13.3. The lowest BCUT2D eigenvalue weighted by Gasteiger charge is -2.50. The molecule has 0 bridgehead atoms. The van der Waals surface area contributed by atoms with Gasteiger partial charge in [-0.3, -0.25) is 19.5 Å². The molecule has 1 saturated heterocycles. The van der Waals surface area contributed by atoms with Crippen LogP contribution in [0.2, 0.25) is 0 Å². The van der Waals surface area contributed by atoms with Gasteiger partial charge in [0.05, 0.1) is 22.3 Å². The van der Waals surface area contributed by atoms with Crippen molar-refractivity contribution in [3.8, 4) is 0 Å². The Labute approximate surface area is 176 Å². The quantitative estimate of drug-likeness (QED) is 0.617. The molecule has 154 valence electrons. The molecule has 3 aromatic rings. The summed E-state index contributed by atoms with van der Waals surface area (Å²) in [5.41, 5.74) is 3.31. The number of benzene rings is 1. The number of likely N-dealkylation sites (tertiary alicyclic amines) is 1. The minimum absolute atomic E-state index is 0.0485. The Balaban J connectivity index is 1.43. The highest BCUT2D eigenvalue weighted by Gasteiger charge is 2.45. The Hall–Kier alpha value is -2.99. The normalized spacial score (nSPS) is 18.5. The van der Waals surface area contributed by atoms with Crippen molar-refractivity contribution in [1.82, 2.24) is 19.4 Å². The van der Waals surface area contributed by atoms with Crippen molar-refractivity contribution >= 4 is 22.6 Å². The number of aromatic nitrogens is 2. The van der Waals surface area contributed by atoms with Crippen LogP contribution in [0, 0.1) is 0 Å². The number of likely N-dealkylation sites (N-methyl/N-ethyl adjacent to an activating group) is 1. The molecular weight excluding hydrogens is 376 g/mol. The van der Waals surface area contributed by atoms with Gasteiger partial charge in [0, 0.05) is 50.4 Å². The average Bonchev–Trinajstić information content (AvgIpc) is 3.22. The monoisotopic (exact) mass is 402 g/mol. The topological polar surface area (TPSA) is 58.4 Å². The smallest absolute Gasteiger partial charge is 0.256 e. The third kappa shape index (κ3) is 2.78. The number of piperidine rings is 1. The number of para-hydroxylation sites is 1. The van der Waals surface area contributed by atoms with E-state index in [0.717, 1.165) is 42.5 Å². The Morgan fingerprint density at radius 2 is 1.73 bits per heavy atom. The van der Waals surface area contributed by atoms with Crippen molar-refractivity contribution in [3.63, 3.8) is 0 Å². The maximum Gasteiger partial charge on any atom is 0.256 e. The van der Waals surface area contributed by atoms with E-state index in [4.69, 9.17) is 0 Å². The molecule has 5 rings (SSSR count). The number of rotatable bonds is 2. The fraction of sp³-hybridized carbons (Fsp3) is 0.375. The summed E-state index contributed by atoms with van der Waals surface area (Å²) in [6, 6.07) is 13.7. The summed E-state index contributed by atoms with van der Waals surface area (Å²) in [7, 11) is 2.16. The van der Waals surface area contributed by atoms with Crippen molar-refractivity contribution in [3.05, 3.63) is 65.6 Å². The molecule has 1 spiro atoms. The second kappa shape index (κ2) is 7.06. The molecule has 2 aromatic heterocycles. The highest BCUT2D eigenvalue weighted by Crippen LogP contribution is 2.41. The number of Topliss-reactive ketones (excluding diaryl/α,β-unsaturated/α-hetero) is 1. The van der Waals surface area contributed by atoms with Crippen LogP contribution < -0.4 is 0 Å². The summed E-state index contributed by atoms with van der Waals surface area (Å²) in [6.07, 6.45) is 3.45. The molecule has 1 aromatic carbocycles. The summed E-state index contributed by atoms with van der Waals surface area (Å²) in [4.78, 5) is 34.2. The van der Waals surface area contributed by atoms with Crippen LogP contribution in [0.1, 0.15) is 46.3 Å². The Morgan fingerprint density at radius 3 is 2.50 bits per heavy atom. The summed E-state index contributed by atoms with van der Waals surface area (Å²) in [5.74, 6) is 0.157. The highest BCUT2D eigenvalue weighted by atomic mass is 16.2. The second-order valence-corrected chi connectivity index (χ2v) is 8.44. The first-order chi connectivity index (χ1) is 14.5. The third-order valence-electron chi connectivity index (χ3n) is 6.95. The van der Waals surface area contributed by atoms with Crippen molar-refractivity contribution in [1.29, 1.82) is 0 Å². The number of carbonyl (C=O) groups excluding carboxylic acids is 2. The highest BCUT2D eigenvalue weighted by molar-refractivity contribution is 6.05. The van der Waals surface area contributed by atoms with Crippen LogP contribution in [0.15, 0.2) is 48.7 Å². The minimum Gasteiger partial charge on any atom is -0.339 e. The molecule has 6 heteroatoms. The van der Waals surface area contributed by atoms with E-state index in [1.165, 1.54) is 5.69 Å². The van der Waals surface area contributed by atoms with E-state index < -0.39 is 0 Å². The summed E-state index contributed by atoms with van der Waals surface area (Å²) in [5, 5.41) is 0.985. The van der Waals surface area contributed by atoms with Gasteiger partial charge in [0.2, 0.25) is 0 Å². The molecule has 0 unspecified atom stereocenters. The molecule has 0 radical (unpaired) electrons. The van der Waals surface area contributed by atoms with E-state index in [0.29, 0.717) is 18.7 Å². The van der Waals surface area contributed by atoms with Crippen LogP contribution >= 0.6 is 0 Å². The SMILES string of the molecule is CC(=O)c1ccc2n1CCN(C)C21CCN(C(=O)c2cccc3cccnc23)CC1. The van der Waals surface area contributed by atoms with E-state index in [9.17, 15) is 9.59 Å². The van der Waals surface area contributed by atoms with Gasteiger partial charge in [0.15, 0.2) is 5.78 Å². The molecule has 6 nitrogen and oxygen atoms in total. The molecule has 0 aliphatic carbocycles. The molecule has 0 saturated carbocycles. The largest absolute Gasteiger partial charge is 0.339 e. The maximum atomic E-state index is 13.3. The minimum atomic E-state index is -0.125. The van der Waals surface area contributed by atoms with Crippen LogP contribution in [0.5, 0.6) is 0 Å². The number of ketones is 1. The van der Waals surface area contributed by atoms with Gasteiger partial charge < -0.3 is 9.47 Å². The lowest BCUT2D eigenvalue weighted by atomic mass is 9.81. The fourth-order valence-corrected chi connectivity index (χ4v) is 5.25. The summed E-state index contributed by atoms with van der Waals surface area (Å²) in [6.45, 7) is 4.75. The van der Waals surface area contributed by atoms with E-state index in [2.05, 4.69) is 27.6 Å². The molecule has 0 N–H and O–H groups in total. The average molecular weight is 402 g/mol. The zero-order chi connectivity index (χ0) is 20.9. The van der Waals surface area contributed by atoms with E-state index in [-0.39, 0.29) is 17.2 Å². The van der Waals surface area contributed by atoms with Crippen LogP contribution in [0.25, 0.3) is 10.9 Å². The number of nitrogens with zero attached hydrogens (tertiary/aromatic N) is 4. The first-order valence-electron chi connectivity index (χ1n) is 10.6. The Bertz CT molecular complexity index is 1140. The molecule has 1 fully saturated rings. The molecule has 1 amide bonds. The van der Waals surface area contributed by atoms with Crippen molar-refractivity contribution in [2.75, 3.05) is 26.7 Å². The standard InChI is InChI=1S/C24H26N4O2/c1-17(29)20-8-9-21-24(26(2)15-16-28(20)21)10-13-27(14-11-24)23(30)19-7-3-5-18-6-4-12-25-22(18)19/h3-9,12H,10-11,13-16H2,1-2H3. The van der Waals surface area contributed by atoms with Gasteiger partial charge >= 0.3 is 0 Å². The lowest BCUT2D eigenvalue weighted by molar-refractivity contribution is 0.0128. The van der Waals surface area contributed by atoms with E-state index in [1.54, 1.807) is 13.1 Å². The van der Waals surface area contributed by atoms with Gasteiger partial charge in [-0.1, -0.05) is 18.2 Å². The summed E-state index contributed by atoms with van der Waals surface area (Å²) < 4.78 is 2.19. The predicted molar refractivity (Wildman–Crippen MR) is 116 cm³/mol. The number of hydrogen-bond acceptors (Lipinski definition) is 4. The number of fused-ring (bicyclic) bond motifs is 3. The fourth-order valence-electron chi connectivity index (χ4n) is 5.25. The van der Waals surface area contributed by atoms with Crippen molar-refractivity contribution in [2.45, 2.75) is 31.8 Å². The third-order valence-corrected chi connectivity index (χ3v) is 6.95. The Kier molecular flexibility index (Phi) is 4.47.